The van der Waals surface area contributed by atoms with Crippen molar-refractivity contribution in [2.24, 2.45) is 0 Å². The summed E-state index contributed by atoms with van der Waals surface area (Å²) >= 11 is 1.53. The molecule has 1 aliphatic heterocycles. The molecule has 0 unspecified atom stereocenters. The van der Waals surface area contributed by atoms with Gasteiger partial charge >= 0.3 is 6.01 Å². The number of nitrogens with one attached hydrogen (secondary N) is 2. The lowest BCUT2D eigenvalue weighted by molar-refractivity contribution is 0.311. The van der Waals surface area contributed by atoms with Gasteiger partial charge in [-0.1, -0.05) is 0 Å². The van der Waals surface area contributed by atoms with Gasteiger partial charge in [0.1, 0.15) is 11.6 Å². The number of hydrogen-bond donors (Lipinski definition) is 2. The summed E-state index contributed by atoms with van der Waals surface area (Å²) in [7, 11) is 2.10. The van der Waals surface area contributed by atoms with E-state index in [9.17, 15) is 4.39 Å². The number of aromatic nitrogens is 4. The van der Waals surface area contributed by atoms with E-state index in [0.717, 1.165) is 58.6 Å². The molecule has 0 radical (unpaired) electrons. The Bertz CT molecular complexity index is 1260. The smallest absolute Gasteiger partial charge is 0.326 e. The van der Waals surface area contributed by atoms with Gasteiger partial charge in [-0.05, 0) is 33.0 Å². The van der Waals surface area contributed by atoms with E-state index in [1.807, 2.05) is 26.0 Å². The van der Waals surface area contributed by atoms with Gasteiger partial charge < -0.3 is 24.8 Å². The molecule has 4 aromatic rings. The maximum absolute atomic E-state index is 14.7. The average Bonchev–Trinajstić information content (AvgIpc) is 3.32. The second-order valence-corrected chi connectivity index (χ2v) is 9.24. The number of likely N-dealkylation sites (N-methyl/N-ethyl adjacent to an activating group) is 1. The lowest BCUT2D eigenvalue weighted by atomic mass is 10.2. The molecule has 0 atom stereocenters. The molecule has 10 heteroatoms. The molecule has 3 aromatic heterocycles. The van der Waals surface area contributed by atoms with E-state index in [0.29, 0.717) is 5.82 Å². The lowest BCUT2D eigenvalue weighted by Gasteiger charge is -2.33. The third-order valence-electron chi connectivity index (χ3n) is 5.38. The standard InChI is InChI=1S/C22H24FN7OS/c1-13-8-15-9-18(16(23)10-17(15)25-13)31-21-26-19(27-22-24-12-14(2)32-22)11-20(28-21)30-6-4-29(3)5-7-30/h8-12,25H,4-7H2,1-3H3,(H,24,26,27,28). The van der Waals surface area contributed by atoms with Crippen LogP contribution in [0.1, 0.15) is 10.6 Å². The molecule has 1 saturated heterocycles. The van der Waals surface area contributed by atoms with Crippen LogP contribution in [0.4, 0.5) is 21.2 Å². The van der Waals surface area contributed by atoms with Gasteiger partial charge in [0.2, 0.25) is 0 Å². The molecule has 0 bridgehead atoms. The van der Waals surface area contributed by atoms with Gasteiger partial charge in [0.15, 0.2) is 16.7 Å². The fraction of sp³-hybridized carbons (Fsp3) is 0.318. The second kappa shape index (κ2) is 8.36. The third kappa shape index (κ3) is 4.37. The van der Waals surface area contributed by atoms with Gasteiger partial charge in [0.05, 0.1) is 0 Å². The molecule has 0 aliphatic carbocycles. The zero-order chi connectivity index (χ0) is 22.2. The number of hydrogen-bond acceptors (Lipinski definition) is 8. The number of H-pyrrole nitrogens is 1. The number of benzene rings is 1. The predicted octanol–water partition coefficient (Wildman–Crippen LogP) is 4.46. The number of rotatable bonds is 5. The van der Waals surface area contributed by atoms with Crippen LogP contribution in [0.5, 0.6) is 11.8 Å². The Hall–Kier alpha value is -3.24. The van der Waals surface area contributed by atoms with E-state index in [-0.39, 0.29) is 11.8 Å². The highest BCUT2D eigenvalue weighted by molar-refractivity contribution is 7.15. The largest absolute Gasteiger partial charge is 0.421 e. The molecule has 0 spiro atoms. The van der Waals surface area contributed by atoms with Crippen molar-refractivity contribution in [2.75, 3.05) is 43.4 Å². The van der Waals surface area contributed by atoms with Gasteiger partial charge in [-0.2, -0.15) is 9.97 Å². The van der Waals surface area contributed by atoms with Crippen LogP contribution < -0.4 is 15.0 Å². The molecule has 8 nitrogen and oxygen atoms in total. The van der Waals surface area contributed by atoms with E-state index in [2.05, 4.69) is 42.1 Å². The van der Waals surface area contributed by atoms with Crippen molar-refractivity contribution in [3.63, 3.8) is 0 Å². The molecule has 0 saturated carbocycles. The maximum atomic E-state index is 14.7. The molecule has 166 valence electrons. The van der Waals surface area contributed by atoms with Gasteiger partial charge in [0, 0.05) is 66.0 Å². The summed E-state index contributed by atoms with van der Waals surface area (Å²) in [6.45, 7) is 7.48. The van der Waals surface area contributed by atoms with Crippen LogP contribution in [0.15, 0.2) is 30.5 Å². The minimum atomic E-state index is -0.474. The number of nitrogens with zero attached hydrogens (tertiary/aromatic N) is 5. The lowest BCUT2D eigenvalue weighted by Crippen LogP contribution is -2.44. The van der Waals surface area contributed by atoms with Gasteiger partial charge in [-0.15, -0.1) is 11.3 Å². The first kappa shape index (κ1) is 20.7. The minimum Gasteiger partial charge on any atom is -0.421 e. The van der Waals surface area contributed by atoms with Crippen LogP contribution in [0.2, 0.25) is 0 Å². The van der Waals surface area contributed by atoms with Crippen LogP contribution in [-0.4, -0.2) is 58.1 Å². The number of anilines is 3. The fourth-order valence-electron chi connectivity index (χ4n) is 3.70. The number of thiazole rings is 1. The van der Waals surface area contributed by atoms with Crippen LogP contribution in [0, 0.1) is 19.7 Å². The van der Waals surface area contributed by atoms with Crippen LogP contribution in [0.3, 0.4) is 0 Å². The normalized spacial score (nSPS) is 14.8. The molecule has 1 aliphatic rings. The monoisotopic (exact) mass is 453 g/mol. The highest BCUT2D eigenvalue weighted by Gasteiger charge is 2.19. The molecule has 1 aromatic carbocycles. The summed E-state index contributed by atoms with van der Waals surface area (Å²) in [5, 5.41) is 4.82. The van der Waals surface area contributed by atoms with E-state index in [1.54, 1.807) is 12.3 Å². The van der Waals surface area contributed by atoms with E-state index >= 15 is 0 Å². The summed E-state index contributed by atoms with van der Waals surface area (Å²) in [6.07, 6.45) is 1.80. The SMILES string of the molecule is Cc1cc2cc(Oc3nc(Nc4ncc(C)s4)cc(N4CCN(C)CC4)n3)c(F)cc2[nH]1. The Kier molecular flexibility index (Phi) is 5.40. The van der Waals surface area contributed by atoms with Crippen molar-refractivity contribution in [2.45, 2.75) is 13.8 Å². The summed E-state index contributed by atoms with van der Waals surface area (Å²) in [4.78, 5) is 22.1. The highest BCUT2D eigenvalue weighted by atomic mass is 32.1. The zero-order valence-corrected chi connectivity index (χ0v) is 19.0. The number of piperazine rings is 1. The predicted molar refractivity (Wildman–Crippen MR) is 125 cm³/mol. The number of aryl methyl sites for hydroxylation is 2. The van der Waals surface area contributed by atoms with Crippen LogP contribution in [-0.2, 0) is 0 Å². The third-order valence-corrected chi connectivity index (χ3v) is 6.21. The highest BCUT2D eigenvalue weighted by Crippen LogP contribution is 2.31. The van der Waals surface area contributed by atoms with Crippen molar-refractivity contribution in [3.05, 3.63) is 46.9 Å². The Morgan fingerprint density at radius 2 is 1.91 bits per heavy atom. The maximum Gasteiger partial charge on any atom is 0.326 e. The molecular formula is C22H24FN7OS. The van der Waals surface area contributed by atoms with Crippen LogP contribution >= 0.6 is 11.3 Å². The fourth-order valence-corrected chi connectivity index (χ4v) is 4.37. The Morgan fingerprint density at radius 3 is 2.66 bits per heavy atom. The molecule has 1 fully saturated rings. The van der Waals surface area contributed by atoms with Crippen molar-refractivity contribution in [1.29, 1.82) is 0 Å². The summed E-state index contributed by atoms with van der Waals surface area (Å²) < 4.78 is 20.6. The minimum absolute atomic E-state index is 0.0858. The first-order chi connectivity index (χ1) is 15.4. The van der Waals surface area contributed by atoms with Crippen molar-refractivity contribution >= 4 is 39.0 Å². The molecule has 4 heterocycles. The van der Waals surface area contributed by atoms with E-state index < -0.39 is 5.82 Å². The van der Waals surface area contributed by atoms with Crippen molar-refractivity contribution < 1.29 is 9.13 Å². The van der Waals surface area contributed by atoms with Crippen molar-refractivity contribution in [1.82, 2.24) is 24.8 Å². The Balaban J connectivity index is 1.49. The quantitative estimate of drug-likeness (QED) is 0.462. The number of halogens is 1. The Morgan fingerprint density at radius 1 is 1.09 bits per heavy atom. The topological polar surface area (TPSA) is 82.2 Å². The molecule has 0 amide bonds. The number of aromatic amines is 1. The van der Waals surface area contributed by atoms with Crippen LogP contribution in [0.25, 0.3) is 10.9 Å². The first-order valence-corrected chi connectivity index (χ1v) is 11.2. The average molecular weight is 454 g/mol. The summed E-state index contributed by atoms with van der Waals surface area (Å²) in [5.41, 5.74) is 1.68. The number of ether oxygens (including phenoxy) is 1. The van der Waals surface area contributed by atoms with Crippen molar-refractivity contribution in [3.8, 4) is 11.8 Å². The number of fused-ring (bicyclic) bond motifs is 1. The first-order valence-electron chi connectivity index (χ1n) is 10.4. The van der Waals surface area contributed by atoms with Gasteiger partial charge in [0.25, 0.3) is 0 Å². The van der Waals surface area contributed by atoms with E-state index in [1.165, 1.54) is 17.4 Å². The molecule has 32 heavy (non-hydrogen) atoms. The van der Waals surface area contributed by atoms with Gasteiger partial charge in [-0.25, -0.2) is 9.37 Å². The molecule has 5 rings (SSSR count). The zero-order valence-electron chi connectivity index (χ0n) is 18.1. The summed E-state index contributed by atoms with van der Waals surface area (Å²) in [5.74, 6) is 0.899. The van der Waals surface area contributed by atoms with E-state index in [4.69, 9.17) is 4.74 Å². The second-order valence-electron chi connectivity index (χ2n) is 8.01. The molecule has 2 N–H and O–H groups in total. The Labute approximate surface area is 189 Å². The van der Waals surface area contributed by atoms with Gasteiger partial charge in [-0.3, -0.25) is 0 Å². The summed E-state index contributed by atoms with van der Waals surface area (Å²) in [6, 6.07) is 7.00. The molecular weight excluding hydrogens is 429 g/mol.